The van der Waals surface area contributed by atoms with Crippen LogP contribution in [-0.4, -0.2) is 24.2 Å². The Morgan fingerprint density at radius 3 is 2.42 bits per heavy atom. The van der Waals surface area contributed by atoms with E-state index in [0.29, 0.717) is 10.7 Å². The molecule has 1 atom stereocenters. The second kappa shape index (κ2) is 8.42. The number of rotatable bonds is 5. The van der Waals surface area contributed by atoms with Crippen molar-refractivity contribution >= 4 is 52.5 Å². The Bertz CT molecular complexity index is 750. The Balaban J connectivity index is 2.05. The number of hydrogen-bond donors (Lipinski definition) is 1. The Morgan fingerprint density at radius 1 is 1.12 bits per heavy atom. The molecule has 0 saturated carbocycles. The lowest BCUT2D eigenvalue weighted by molar-refractivity contribution is -0.115. The summed E-state index contributed by atoms with van der Waals surface area (Å²) in [6, 6.07) is 11.9. The molecule has 2 aromatic carbocycles. The van der Waals surface area contributed by atoms with E-state index in [1.807, 2.05) is 12.1 Å². The van der Waals surface area contributed by atoms with E-state index in [-0.39, 0.29) is 21.7 Å². The van der Waals surface area contributed by atoms with E-state index in [1.165, 1.54) is 24.9 Å². The van der Waals surface area contributed by atoms with Crippen molar-refractivity contribution in [2.24, 2.45) is 0 Å². The summed E-state index contributed by atoms with van der Waals surface area (Å²) in [6.45, 7) is 1.80. The first-order chi connectivity index (χ1) is 11.4. The first-order valence-electron chi connectivity index (χ1n) is 7.01. The van der Waals surface area contributed by atoms with Crippen LogP contribution in [0.4, 0.5) is 5.69 Å². The van der Waals surface area contributed by atoms with E-state index < -0.39 is 5.97 Å². The fourth-order valence-corrected chi connectivity index (χ4v) is 3.07. The lowest BCUT2D eigenvalue weighted by atomic mass is 10.2. The Kier molecular flexibility index (Phi) is 6.54. The first kappa shape index (κ1) is 18.6. The smallest absolute Gasteiger partial charge is 0.339 e. The second-order valence-electron chi connectivity index (χ2n) is 4.89. The molecule has 0 fully saturated rings. The van der Waals surface area contributed by atoms with Gasteiger partial charge < -0.3 is 10.1 Å². The van der Waals surface area contributed by atoms with Crippen molar-refractivity contribution < 1.29 is 14.3 Å². The number of halogens is 2. The molecule has 0 saturated heterocycles. The third-order valence-corrected chi connectivity index (χ3v) is 4.83. The van der Waals surface area contributed by atoms with Crippen molar-refractivity contribution in [3.8, 4) is 0 Å². The highest BCUT2D eigenvalue weighted by molar-refractivity contribution is 8.00. The maximum absolute atomic E-state index is 12.3. The van der Waals surface area contributed by atoms with Gasteiger partial charge in [-0.1, -0.05) is 23.2 Å². The largest absolute Gasteiger partial charge is 0.465 e. The number of carbonyl (C=O) groups is 2. The molecule has 1 unspecified atom stereocenters. The van der Waals surface area contributed by atoms with Crippen LogP contribution in [0.25, 0.3) is 0 Å². The van der Waals surface area contributed by atoms with Crippen molar-refractivity contribution in [2.75, 3.05) is 12.4 Å². The van der Waals surface area contributed by atoms with Crippen LogP contribution >= 0.6 is 35.0 Å². The molecular formula is C17H15Cl2NO3S. The monoisotopic (exact) mass is 383 g/mol. The zero-order chi connectivity index (χ0) is 17.7. The highest BCUT2D eigenvalue weighted by atomic mass is 35.5. The van der Waals surface area contributed by atoms with Crippen LogP contribution in [0.5, 0.6) is 0 Å². The van der Waals surface area contributed by atoms with Gasteiger partial charge in [0.2, 0.25) is 5.91 Å². The van der Waals surface area contributed by atoms with Gasteiger partial charge in [0.1, 0.15) is 0 Å². The molecule has 0 heterocycles. The number of methoxy groups -OCH3 is 1. The van der Waals surface area contributed by atoms with E-state index >= 15 is 0 Å². The maximum atomic E-state index is 12.3. The number of nitrogens with one attached hydrogen (secondary N) is 1. The highest BCUT2D eigenvalue weighted by Gasteiger charge is 2.17. The zero-order valence-corrected chi connectivity index (χ0v) is 15.3. The highest BCUT2D eigenvalue weighted by Crippen LogP contribution is 2.26. The molecule has 2 aromatic rings. The number of ether oxygens (including phenoxy) is 1. The molecule has 1 amide bonds. The summed E-state index contributed by atoms with van der Waals surface area (Å²) in [5, 5.41) is 3.35. The summed E-state index contributed by atoms with van der Waals surface area (Å²) in [6.07, 6.45) is 0. The fraction of sp³-hybridized carbons (Fsp3) is 0.176. The average molecular weight is 384 g/mol. The zero-order valence-electron chi connectivity index (χ0n) is 13.0. The molecule has 0 aromatic heterocycles. The number of carbonyl (C=O) groups excluding carboxylic acids is 2. The molecule has 126 valence electrons. The summed E-state index contributed by atoms with van der Waals surface area (Å²) >= 11 is 13.2. The number of thioether (sulfide) groups is 1. The van der Waals surface area contributed by atoms with Crippen LogP contribution in [-0.2, 0) is 9.53 Å². The van der Waals surface area contributed by atoms with Crippen molar-refractivity contribution in [3.05, 3.63) is 58.1 Å². The van der Waals surface area contributed by atoms with E-state index in [2.05, 4.69) is 10.1 Å². The number of hydrogen-bond acceptors (Lipinski definition) is 4. The molecule has 0 aliphatic carbocycles. The van der Waals surface area contributed by atoms with Gasteiger partial charge in [-0.05, 0) is 49.4 Å². The molecule has 7 heteroatoms. The molecular weight excluding hydrogens is 369 g/mol. The lowest BCUT2D eigenvalue weighted by Crippen LogP contribution is -2.22. The van der Waals surface area contributed by atoms with Gasteiger partial charge in [-0.15, -0.1) is 11.8 Å². The maximum Gasteiger partial charge on any atom is 0.339 e. The molecule has 0 aliphatic heterocycles. The van der Waals surface area contributed by atoms with Gasteiger partial charge >= 0.3 is 5.97 Å². The number of amides is 1. The number of esters is 1. The van der Waals surface area contributed by atoms with E-state index in [9.17, 15) is 9.59 Å². The summed E-state index contributed by atoms with van der Waals surface area (Å²) < 4.78 is 4.66. The molecule has 1 N–H and O–H groups in total. The van der Waals surface area contributed by atoms with Crippen molar-refractivity contribution in [1.82, 2.24) is 0 Å². The van der Waals surface area contributed by atoms with Gasteiger partial charge in [-0.3, -0.25) is 4.79 Å². The van der Waals surface area contributed by atoms with Crippen molar-refractivity contribution in [1.29, 1.82) is 0 Å². The van der Waals surface area contributed by atoms with Crippen LogP contribution in [0, 0.1) is 0 Å². The number of benzene rings is 2. The Hall–Kier alpha value is -1.69. The quantitative estimate of drug-likeness (QED) is 0.589. The molecule has 0 aliphatic rings. The van der Waals surface area contributed by atoms with Gasteiger partial charge in [-0.2, -0.15) is 0 Å². The van der Waals surface area contributed by atoms with Crippen LogP contribution < -0.4 is 5.32 Å². The van der Waals surface area contributed by atoms with Gasteiger partial charge in [-0.25, -0.2) is 4.79 Å². The summed E-state index contributed by atoms with van der Waals surface area (Å²) in [7, 11) is 1.27. The van der Waals surface area contributed by atoms with Crippen molar-refractivity contribution in [3.63, 3.8) is 0 Å². The predicted octanol–water partition coefficient (Wildman–Crippen LogP) is 4.90. The molecule has 0 spiro atoms. The van der Waals surface area contributed by atoms with Crippen LogP contribution in [0.3, 0.4) is 0 Å². The third kappa shape index (κ3) is 4.90. The summed E-state index contributed by atoms with van der Waals surface area (Å²) in [4.78, 5) is 24.9. The Labute approximate surface area is 154 Å². The lowest BCUT2D eigenvalue weighted by Gasteiger charge is -2.13. The van der Waals surface area contributed by atoms with Gasteiger partial charge in [0, 0.05) is 15.6 Å². The molecule has 0 bridgehead atoms. The molecule has 4 nitrogen and oxygen atoms in total. The molecule has 24 heavy (non-hydrogen) atoms. The van der Waals surface area contributed by atoms with Crippen LogP contribution in [0.1, 0.15) is 17.3 Å². The van der Waals surface area contributed by atoms with Crippen LogP contribution in [0.15, 0.2) is 47.4 Å². The molecule has 0 radical (unpaired) electrons. The van der Waals surface area contributed by atoms with Crippen LogP contribution in [0.2, 0.25) is 10.0 Å². The Morgan fingerprint density at radius 2 is 1.79 bits per heavy atom. The normalized spacial score (nSPS) is 11.7. The first-order valence-corrected chi connectivity index (χ1v) is 8.65. The SMILES string of the molecule is COC(=O)c1cc(NC(=O)C(C)Sc2ccc(Cl)cc2)ccc1Cl. The van der Waals surface area contributed by atoms with Gasteiger partial charge in [0.05, 0.1) is 22.9 Å². The average Bonchev–Trinajstić information content (AvgIpc) is 2.57. The van der Waals surface area contributed by atoms with E-state index in [4.69, 9.17) is 23.2 Å². The predicted molar refractivity (Wildman–Crippen MR) is 98.2 cm³/mol. The minimum atomic E-state index is -0.556. The van der Waals surface area contributed by atoms with E-state index in [1.54, 1.807) is 31.2 Å². The topological polar surface area (TPSA) is 55.4 Å². The van der Waals surface area contributed by atoms with Gasteiger partial charge in [0.25, 0.3) is 0 Å². The standard InChI is InChI=1S/C17H15Cl2NO3S/c1-10(24-13-6-3-11(18)4-7-13)16(21)20-12-5-8-15(19)14(9-12)17(22)23-2/h3-10H,1-2H3,(H,20,21). The second-order valence-corrected chi connectivity index (χ2v) is 7.15. The molecule has 2 rings (SSSR count). The fourth-order valence-electron chi connectivity index (χ4n) is 1.88. The summed E-state index contributed by atoms with van der Waals surface area (Å²) in [5.74, 6) is -0.743. The number of anilines is 1. The van der Waals surface area contributed by atoms with E-state index in [0.717, 1.165) is 4.90 Å². The van der Waals surface area contributed by atoms with Crippen molar-refractivity contribution in [2.45, 2.75) is 17.1 Å². The summed E-state index contributed by atoms with van der Waals surface area (Å²) in [5.41, 5.74) is 0.684. The minimum Gasteiger partial charge on any atom is -0.465 e. The third-order valence-electron chi connectivity index (χ3n) is 3.13. The van der Waals surface area contributed by atoms with Gasteiger partial charge in [0.15, 0.2) is 0 Å². The minimum absolute atomic E-state index is 0.187.